The maximum absolute atomic E-state index is 12.4. The van der Waals surface area contributed by atoms with E-state index in [-0.39, 0.29) is 13.0 Å². The van der Waals surface area contributed by atoms with Crippen molar-refractivity contribution in [3.05, 3.63) is 0 Å². The van der Waals surface area contributed by atoms with E-state index in [1.165, 1.54) is 0 Å². The lowest BCUT2D eigenvalue weighted by Gasteiger charge is -2.20. The molecule has 0 amide bonds. The molecule has 0 aromatic rings. The number of rotatable bonds is 15. The molecule has 0 rings (SSSR count). The minimum Gasteiger partial charge on any atom is -0.307 e. The standard InChI is InChI=1S/C13H27N3O5S3/c1-22-7-4-10(15-6-3-9-24(19,20)21)12(17)13(18)11(16-14)5-8-23-2/h10-11,15-16H,3-9,14H2,1-2H3,(H,19,20,21)/t10-,11-/m0/s1. The molecule has 8 nitrogen and oxygen atoms in total. The highest BCUT2D eigenvalue weighted by atomic mass is 32.2. The van der Waals surface area contributed by atoms with Gasteiger partial charge < -0.3 is 5.32 Å². The molecule has 0 aliphatic carbocycles. The maximum Gasteiger partial charge on any atom is 0.264 e. The van der Waals surface area contributed by atoms with Gasteiger partial charge in [0.15, 0.2) is 0 Å². The monoisotopic (exact) mass is 401 g/mol. The second-order valence-electron chi connectivity index (χ2n) is 5.16. The topological polar surface area (TPSA) is 139 Å². The molecule has 0 aromatic heterocycles. The third-order valence-corrected chi connectivity index (χ3v) is 5.36. The zero-order valence-electron chi connectivity index (χ0n) is 14.0. The second kappa shape index (κ2) is 13.1. The predicted molar refractivity (Wildman–Crippen MR) is 99.9 cm³/mol. The van der Waals surface area contributed by atoms with E-state index >= 15 is 0 Å². The molecule has 142 valence electrons. The van der Waals surface area contributed by atoms with Crippen LogP contribution in [0.4, 0.5) is 0 Å². The molecule has 0 aromatic carbocycles. The van der Waals surface area contributed by atoms with E-state index in [0.717, 1.165) is 0 Å². The molecule has 5 N–H and O–H groups in total. The van der Waals surface area contributed by atoms with Crippen LogP contribution in [0.2, 0.25) is 0 Å². The lowest BCUT2D eigenvalue weighted by Crippen LogP contribution is -2.51. The fourth-order valence-corrected chi connectivity index (χ4v) is 3.41. The van der Waals surface area contributed by atoms with Crippen LogP contribution in [0.3, 0.4) is 0 Å². The lowest BCUT2D eigenvalue weighted by atomic mass is 9.99. The minimum absolute atomic E-state index is 0.154. The first-order valence-electron chi connectivity index (χ1n) is 7.47. The molecule has 0 heterocycles. The minimum atomic E-state index is -4.03. The number of Topliss-reactive ketones (excluding diaryl/α,β-unsaturated/α-hetero) is 2. The van der Waals surface area contributed by atoms with Gasteiger partial charge in [-0.15, -0.1) is 0 Å². The summed E-state index contributed by atoms with van der Waals surface area (Å²) in [7, 11) is -4.03. The summed E-state index contributed by atoms with van der Waals surface area (Å²) in [5, 5.41) is 2.91. The second-order valence-corrected chi connectivity index (χ2v) is 8.70. The molecule has 24 heavy (non-hydrogen) atoms. The molecule has 2 atom stereocenters. The van der Waals surface area contributed by atoms with E-state index in [9.17, 15) is 18.0 Å². The third-order valence-electron chi connectivity index (χ3n) is 3.27. The summed E-state index contributed by atoms with van der Waals surface area (Å²) in [5.74, 6) is 5.24. The van der Waals surface area contributed by atoms with Crippen molar-refractivity contribution < 1.29 is 22.6 Å². The molecular weight excluding hydrogens is 374 g/mol. The molecule has 0 saturated heterocycles. The number of hydrogen-bond donors (Lipinski definition) is 4. The summed E-state index contributed by atoms with van der Waals surface area (Å²) in [4.78, 5) is 24.7. The molecule has 0 radical (unpaired) electrons. The van der Waals surface area contributed by atoms with Crippen LogP contribution in [0.25, 0.3) is 0 Å². The summed E-state index contributed by atoms with van der Waals surface area (Å²) in [6.07, 6.45) is 4.86. The fourth-order valence-electron chi connectivity index (χ4n) is 1.96. The highest BCUT2D eigenvalue weighted by Gasteiger charge is 2.29. The lowest BCUT2D eigenvalue weighted by molar-refractivity contribution is -0.139. The van der Waals surface area contributed by atoms with Gasteiger partial charge in [-0.05, 0) is 49.8 Å². The normalized spacial score (nSPS) is 14.3. The third kappa shape index (κ3) is 10.6. The average molecular weight is 402 g/mol. The Morgan fingerprint density at radius 3 is 2.04 bits per heavy atom. The quantitative estimate of drug-likeness (QED) is 0.0950. The van der Waals surface area contributed by atoms with Crippen molar-refractivity contribution in [1.29, 1.82) is 0 Å². The van der Waals surface area contributed by atoms with Gasteiger partial charge >= 0.3 is 0 Å². The maximum atomic E-state index is 12.4. The molecule has 0 aliphatic heterocycles. The average Bonchev–Trinajstić information content (AvgIpc) is 2.53. The Morgan fingerprint density at radius 1 is 1.08 bits per heavy atom. The number of nitrogens with one attached hydrogen (secondary N) is 2. The Labute approximate surface area is 152 Å². The molecular formula is C13H27N3O5S3. The van der Waals surface area contributed by atoms with Crippen LogP contribution in [-0.2, 0) is 19.7 Å². The van der Waals surface area contributed by atoms with Crippen molar-refractivity contribution in [2.24, 2.45) is 5.84 Å². The fraction of sp³-hybridized carbons (Fsp3) is 0.846. The van der Waals surface area contributed by atoms with E-state index in [4.69, 9.17) is 10.4 Å². The van der Waals surface area contributed by atoms with Crippen LogP contribution in [0, 0.1) is 0 Å². The van der Waals surface area contributed by atoms with Crippen molar-refractivity contribution in [2.45, 2.75) is 31.3 Å². The zero-order chi connectivity index (χ0) is 18.6. The van der Waals surface area contributed by atoms with Gasteiger partial charge in [-0.2, -0.15) is 31.9 Å². The Morgan fingerprint density at radius 2 is 1.58 bits per heavy atom. The molecule has 0 spiro atoms. The Kier molecular flexibility index (Phi) is 13.0. The predicted octanol–water partition coefficient (Wildman–Crippen LogP) is -0.301. The van der Waals surface area contributed by atoms with Gasteiger partial charge in [-0.25, -0.2) is 5.43 Å². The van der Waals surface area contributed by atoms with Crippen molar-refractivity contribution in [2.75, 3.05) is 36.3 Å². The van der Waals surface area contributed by atoms with Crippen LogP contribution in [0.1, 0.15) is 19.3 Å². The van der Waals surface area contributed by atoms with Crippen molar-refractivity contribution in [1.82, 2.24) is 10.7 Å². The van der Waals surface area contributed by atoms with Gasteiger partial charge in [-0.3, -0.25) is 20.0 Å². The van der Waals surface area contributed by atoms with E-state index < -0.39 is 39.5 Å². The summed E-state index contributed by atoms with van der Waals surface area (Å²) < 4.78 is 30.1. The summed E-state index contributed by atoms with van der Waals surface area (Å²) in [6, 6.07) is -1.40. The van der Waals surface area contributed by atoms with Crippen molar-refractivity contribution in [3.63, 3.8) is 0 Å². The molecule has 0 aliphatic rings. The molecule has 0 fully saturated rings. The van der Waals surface area contributed by atoms with Gasteiger partial charge in [0.25, 0.3) is 10.1 Å². The number of nitrogens with two attached hydrogens (primary N) is 1. The number of ketones is 2. The molecule has 0 unspecified atom stereocenters. The molecule has 0 bridgehead atoms. The SMILES string of the molecule is CSCC[C@H](NN)C(=O)C(=O)[C@H](CCSC)NCCCS(=O)(=O)O. The number of hydrazine groups is 1. The summed E-state index contributed by atoms with van der Waals surface area (Å²) >= 11 is 3.10. The van der Waals surface area contributed by atoms with Crippen LogP contribution < -0.4 is 16.6 Å². The Bertz CT molecular complexity index is 487. The zero-order valence-corrected chi connectivity index (χ0v) is 16.4. The smallest absolute Gasteiger partial charge is 0.264 e. The molecule has 0 saturated carbocycles. The molecule has 11 heteroatoms. The largest absolute Gasteiger partial charge is 0.307 e. The highest BCUT2D eigenvalue weighted by Crippen LogP contribution is 2.07. The van der Waals surface area contributed by atoms with Crippen LogP contribution in [0.15, 0.2) is 0 Å². The van der Waals surface area contributed by atoms with Crippen LogP contribution in [-0.4, -0.2) is 72.9 Å². The highest BCUT2D eigenvalue weighted by molar-refractivity contribution is 7.98. The van der Waals surface area contributed by atoms with E-state index in [2.05, 4.69) is 10.7 Å². The Hall–Kier alpha value is -0.170. The van der Waals surface area contributed by atoms with Gasteiger partial charge in [0.1, 0.15) is 0 Å². The van der Waals surface area contributed by atoms with Crippen molar-refractivity contribution >= 4 is 45.2 Å². The van der Waals surface area contributed by atoms with Crippen LogP contribution in [0.5, 0.6) is 0 Å². The number of carbonyl (C=O) groups is 2. The number of carbonyl (C=O) groups excluding carboxylic acids is 2. The summed E-state index contributed by atoms with van der Waals surface area (Å²) in [5.41, 5.74) is 2.39. The first-order chi connectivity index (χ1) is 11.3. The first-order valence-corrected chi connectivity index (χ1v) is 11.9. The summed E-state index contributed by atoms with van der Waals surface area (Å²) in [6.45, 7) is 0.212. The number of hydrogen-bond acceptors (Lipinski definition) is 9. The Balaban J connectivity index is 4.69. The van der Waals surface area contributed by atoms with Gasteiger partial charge in [-0.1, -0.05) is 0 Å². The first kappa shape index (κ1) is 23.8. The van der Waals surface area contributed by atoms with E-state index in [1.807, 2.05) is 12.5 Å². The van der Waals surface area contributed by atoms with Gasteiger partial charge in [0.2, 0.25) is 11.6 Å². The van der Waals surface area contributed by atoms with Crippen LogP contribution >= 0.6 is 23.5 Å². The van der Waals surface area contributed by atoms with E-state index in [1.54, 1.807) is 23.5 Å². The van der Waals surface area contributed by atoms with Crippen molar-refractivity contribution in [3.8, 4) is 0 Å². The number of thioether (sulfide) groups is 2. The van der Waals surface area contributed by atoms with Gasteiger partial charge in [0, 0.05) is 0 Å². The van der Waals surface area contributed by atoms with Gasteiger partial charge in [0.05, 0.1) is 17.8 Å². The van der Waals surface area contributed by atoms with E-state index in [0.29, 0.717) is 24.3 Å².